The first-order valence-corrected chi connectivity index (χ1v) is 10.9. The zero-order chi connectivity index (χ0) is 22.9. The fourth-order valence-corrected chi connectivity index (χ4v) is 4.31. The Morgan fingerprint density at radius 1 is 1.06 bits per heavy atom. The minimum Gasteiger partial charge on any atom is -0.318 e. The molecule has 1 unspecified atom stereocenters. The molecular formula is C22H22N6O3S. The molecule has 1 saturated heterocycles. The molecule has 1 aliphatic heterocycles. The average molecular weight is 451 g/mol. The predicted molar refractivity (Wildman–Crippen MR) is 119 cm³/mol. The summed E-state index contributed by atoms with van der Waals surface area (Å²) in [6, 6.07) is 16.0. The van der Waals surface area contributed by atoms with Crippen molar-refractivity contribution in [1.82, 2.24) is 30.5 Å². The summed E-state index contributed by atoms with van der Waals surface area (Å²) in [4.78, 5) is 37.9. The third kappa shape index (κ3) is 3.84. The van der Waals surface area contributed by atoms with Crippen LogP contribution in [0.5, 0.6) is 0 Å². The SMILES string of the molecule is Cc1ccccc1-n1c(C)nnc1SCC(=O)NN1C(=O)NC(C)(c2ccccc2)C1=O. The molecule has 0 saturated carbocycles. The number of amides is 4. The van der Waals surface area contributed by atoms with Crippen LogP contribution in [0, 0.1) is 13.8 Å². The van der Waals surface area contributed by atoms with Gasteiger partial charge in [0.05, 0.1) is 11.4 Å². The number of thioether (sulfide) groups is 1. The van der Waals surface area contributed by atoms with Gasteiger partial charge < -0.3 is 5.32 Å². The first-order chi connectivity index (χ1) is 15.3. The molecule has 3 aromatic rings. The highest BCUT2D eigenvalue weighted by atomic mass is 32.2. The normalized spacial score (nSPS) is 18.0. The molecular weight excluding hydrogens is 428 g/mol. The first kappa shape index (κ1) is 21.6. The molecule has 4 amide bonds. The van der Waals surface area contributed by atoms with Crippen molar-refractivity contribution >= 4 is 29.6 Å². The van der Waals surface area contributed by atoms with Crippen LogP contribution in [0.3, 0.4) is 0 Å². The Hall–Kier alpha value is -3.66. The van der Waals surface area contributed by atoms with Crippen LogP contribution >= 0.6 is 11.8 Å². The monoisotopic (exact) mass is 450 g/mol. The highest BCUT2D eigenvalue weighted by Gasteiger charge is 2.49. The van der Waals surface area contributed by atoms with Gasteiger partial charge >= 0.3 is 6.03 Å². The lowest BCUT2D eigenvalue weighted by Gasteiger charge is -2.22. The van der Waals surface area contributed by atoms with E-state index < -0.39 is 23.4 Å². The number of rotatable bonds is 6. The summed E-state index contributed by atoms with van der Waals surface area (Å²) in [5.41, 5.74) is 3.75. The molecule has 0 aliphatic carbocycles. The summed E-state index contributed by atoms with van der Waals surface area (Å²) >= 11 is 1.17. The van der Waals surface area contributed by atoms with Crippen LogP contribution in [0.25, 0.3) is 5.69 Å². The molecule has 0 bridgehead atoms. The third-order valence-electron chi connectivity index (χ3n) is 5.26. The van der Waals surface area contributed by atoms with E-state index in [1.54, 1.807) is 31.2 Å². The van der Waals surface area contributed by atoms with Crippen molar-refractivity contribution in [3.63, 3.8) is 0 Å². The standard InChI is InChI=1S/C22H22N6O3S/c1-14-9-7-8-12-17(14)27-15(2)24-25-21(27)32-13-18(29)26-28-19(30)22(3,23-20(28)31)16-10-5-4-6-11-16/h4-12H,13H2,1-3H3,(H,23,31)(H,26,29). The van der Waals surface area contributed by atoms with Crippen molar-refractivity contribution in [2.75, 3.05) is 5.75 Å². The second-order valence-corrected chi connectivity index (χ2v) is 8.48. The molecule has 164 valence electrons. The molecule has 0 spiro atoms. The van der Waals surface area contributed by atoms with Gasteiger partial charge in [0.1, 0.15) is 11.4 Å². The highest BCUT2D eigenvalue weighted by Crippen LogP contribution is 2.28. The number of nitrogens with zero attached hydrogens (tertiary/aromatic N) is 4. The fourth-order valence-electron chi connectivity index (χ4n) is 3.52. The quantitative estimate of drug-likeness (QED) is 0.441. The van der Waals surface area contributed by atoms with Crippen LogP contribution in [0.15, 0.2) is 59.8 Å². The van der Waals surface area contributed by atoms with Gasteiger partial charge in [0.15, 0.2) is 5.16 Å². The number of benzene rings is 2. The van der Waals surface area contributed by atoms with E-state index in [9.17, 15) is 14.4 Å². The number of urea groups is 1. The number of hydrazine groups is 1. The number of imide groups is 1. The van der Waals surface area contributed by atoms with E-state index in [4.69, 9.17) is 0 Å². The van der Waals surface area contributed by atoms with Crippen molar-refractivity contribution < 1.29 is 14.4 Å². The second kappa shape index (κ2) is 8.46. The number of carbonyl (C=O) groups is 3. The van der Waals surface area contributed by atoms with Gasteiger partial charge in [-0.3, -0.25) is 19.6 Å². The summed E-state index contributed by atoms with van der Waals surface area (Å²) in [7, 11) is 0. The molecule has 1 aliphatic rings. The van der Waals surface area contributed by atoms with Crippen molar-refractivity contribution in [3.8, 4) is 5.69 Å². The van der Waals surface area contributed by atoms with Gasteiger partial charge in [-0.05, 0) is 38.0 Å². The maximum absolute atomic E-state index is 12.9. The van der Waals surface area contributed by atoms with Gasteiger partial charge in [0.25, 0.3) is 5.91 Å². The molecule has 1 atom stereocenters. The van der Waals surface area contributed by atoms with Gasteiger partial charge in [-0.15, -0.1) is 10.2 Å². The van der Waals surface area contributed by atoms with Crippen LogP contribution in [0.2, 0.25) is 0 Å². The minimum atomic E-state index is -1.25. The Morgan fingerprint density at radius 2 is 1.75 bits per heavy atom. The number of nitrogens with one attached hydrogen (secondary N) is 2. The molecule has 4 rings (SSSR count). The van der Waals surface area contributed by atoms with E-state index in [0.29, 0.717) is 16.5 Å². The van der Waals surface area contributed by atoms with E-state index >= 15 is 0 Å². The Balaban J connectivity index is 1.45. The summed E-state index contributed by atoms with van der Waals surface area (Å²) in [6.45, 7) is 5.43. The largest absolute Gasteiger partial charge is 0.344 e. The Morgan fingerprint density at radius 3 is 2.47 bits per heavy atom. The van der Waals surface area contributed by atoms with Crippen LogP contribution < -0.4 is 10.7 Å². The number of para-hydroxylation sites is 1. The molecule has 9 nitrogen and oxygen atoms in total. The summed E-state index contributed by atoms with van der Waals surface area (Å²) in [5, 5.41) is 12.2. The van der Waals surface area contributed by atoms with Gasteiger partial charge in [-0.1, -0.05) is 60.3 Å². The van der Waals surface area contributed by atoms with Gasteiger partial charge in [-0.25, -0.2) is 4.79 Å². The van der Waals surface area contributed by atoms with Crippen LogP contribution in [-0.4, -0.2) is 43.4 Å². The second-order valence-electron chi connectivity index (χ2n) is 7.54. The zero-order valence-electron chi connectivity index (χ0n) is 17.8. The molecule has 1 fully saturated rings. The van der Waals surface area contributed by atoms with Crippen molar-refractivity contribution in [1.29, 1.82) is 0 Å². The fraction of sp³-hybridized carbons (Fsp3) is 0.227. The molecule has 2 aromatic carbocycles. The Kier molecular flexibility index (Phi) is 5.70. The predicted octanol–water partition coefficient (Wildman–Crippen LogP) is 2.47. The number of hydrogen-bond donors (Lipinski definition) is 2. The van der Waals surface area contributed by atoms with E-state index in [0.717, 1.165) is 16.3 Å². The summed E-state index contributed by atoms with van der Waals surface area (Å²) in [6.07, 6.45) is 0. The minimum absolute atomic E-state index is 0.0525. The van der Waals surface area contributed by atoms with Crippen LogP contribution in [0.1, 0.15) is 23.9 Å². The zero-order valence-corrected chi connectivity index (χ0v) is 18.6. The Labute approximate surface area is 189 Å². The van der Waals surface area contributed by atoms with Crippen LogP contribution in [-0.2, 0) is 15.1 Å². The van der Waals surface area contributed by atoms with Gasteiger partial charge in [-0.2, -0.15) is 5.01 Å². The molecule has 0 radical (unpaired) electrons. The van der Waals surface area contributed by atoms with E-state index in [-0.39, 0.29) is 5.75 Å². The smallest absolute Gasteiger partial charge is 0.318 e. The maximum atomic E-state index is 12.9. The van der Waals surface area contributed by atoms with E-state index in [2.05, 4.69) is 20.9 Å². The van der Waals surface area contributed by atoms with E-state index in [1.165, 1.54) is 11.8 Å². The maximum Gasteiger partial charge on any atom is 0.344 e. The number of aryl methyl sites for hydroxylation is 2. The number of hydrogen-bond acceptors (Lipinski definition) is 6. The lowest BCUT2D eigenvalue weighted by atomic mass is 9.92. The van der Waals surface area contributed by atoms with Crippen LogP contribution in [0.4, 0.5) is 4.79 Å². The highest BCUT2D eigenvalue weighted by molar-refractivity contribution is 7.99. The first-order valence-electron chi connectivity index (χ1n) is 9.94. The topological polar surface area (TPSA) is 109 Å². The molecule has 10 heteroatoms. The van der Waals surface area contributed by atoms with Gasteiger partial charge in [0, 0.05) is 0 Å². The summed E-state index contributed by atoms with van der Waals surface area (Å²) in [5.74, 6) is -0.419. The number of aromatic nitrogens is 3. The lowest BCUT2D eigenvalue weighted by molar-refractivity contribution is -0.138. The molecule has 2 N–H and O–H groups in total. The molecule has 2 heterocycles. The summed E-state index contributed by atoms with van der Waals surface area (Å²) < 4.78 is 1.87. The number of carbonyl (C=O) groups excluding carboxylic acids is 3. The average Bonchev–Trinajstić information content (AvgIpc) is 3.25. The van der Waals surface area contributed by atoms with Crippen molar-refractivity contribution in [3.05, 3.63) is 71.5 Å². The molecule has 1 aromatic heterocycles. The van der Waals surface area contributed by atoms with Crippen molar-refractivity contribution in [2.24, 2.45) is 0 Å². The lowest BCUT2D eigenvalue weighted by Crippen LogP contribution is -2.48. The molecule has 32 heavy (non-hydrogen) atoms. The van der Waals surface area contributed by atoms with Gasteiger partial charge in [0.2, 0.25) is 5.91 Å². The van der Waals surface area contributed by atoms with E-state index in [1.807, 2.05) is 48.7 Å². The Bertz CT molecular complexity index is 1200. The van der Waals surface area contributed by atoms with Crippen molar-refractivity contribution in [2.45, 2.75) is 31.5 Å². The third-order valence-corrected chi connectivity index (χ3v) is 6.19.